The number of rotatable bonds is 5. The number of aryl methyl sites for hydroxylation is 1. The number of aromatic nitrogens is 2. The lowest BCUT2D eigenvalue weighted by molar-refractivity contribution is 0.374. The molecule has 2 nitrogen and oxygen atoms in total. The van der Waals surface area contributed by atoms with E-state index in [1.54, 1.807) is 0 Å². The van der Waals surface area contributed by atoms with Crippen LogP contribution < -0.4 is 0 Å². The maximum Gasteiger partial charge on any atom is 0.131 e. The van der Waals surface area contributed by atoms with E-state index in [-0.39, 0.29) is 0 Å². The molecule has 0 saturated heterocycles. The van der Waals surface area contributed by atoms with E-state index in [0.717, 1.165) is 24.2 Å². The van der Waals surface area contributed by atoms with Crippen LogP contribution in [0, 0.1) is 5.41 Å². The third-order valence-electron chi connectivity index (χ3n) is 3.75. The van der Waals surface area contributed by atoms with Crippen molar-refractivity contribution in [2.45, 2.75) is 51.9 Å². The van der Waals surface area contributed by atoms with Gasteiger partial charge in [-0.05, 0) is 43.1 Å². The fourth-order valence-corrected chi connectivity index (χ4v) is 2.95. The Labute approximate surface area is 113 Å². The van der Waals surface area contributed by atoms with Gasteiger partial charge in [0.05, 0.1) is 0 Å². The molecule has 1 aromatic rings. The topological polar surface area (TPSA) is 25.8 Å². The zero-order valence-corrected chi connectivity index (χ0v) is 12.0. The molecule has 0 aliphatic heterocycles. The normalized spacial score (nSPS) is 22.3. The van der Waals surface area contributed by atoms with Gasteiger partial charge < -0.3 is 0 Å². The van der Waals surface area contributed by atoms with Gasteiger partial charge in [-0.1, -0.05) is 13.8 Å². The number of halogens is 1. The lowest BCUT2D eigenvalue weighted by atomic mass is 9.90. The summed E-state index contributed by atoms with van der Waals surface area (Å²) in [5.41, 5.74) is 1.55. The van der Waals surface area contributed by atoms with E-state index < -0.39 is 0 Å². The Morgan fingerprint density at radius 3 is 2.67 bits per heavy atom. The molecule has 0 aromatic carbocycles. The maximum absolute atomic E-state index is 11.9. The van der Waals surface area contributed by atoms with Crippen LogP contribution in [0.3, 0.4) is 0 Å². The summed E-state index contributed by atoms with van der Waals surface area (Å²) in [5.74, 6) is 2.07. The Bertz CT molecular complexity index is 378. The Hall–Kier alpha value is -0.640. The molecule has 0 spiro atoms. The van der Waals surface area contributed by atoms with Crippen LogP contribution >= 0.6 is 12.1 Å². The molecule has 100 valence electrons. The van der Waals surface area contributed by atoms with Gasteiger partial charge in [0, 0.05) is 36.2 Å². The first-order valence-corrected chi connectivity index (χ1v) is 7.54. The van der Waals surface area contributed by atoms with Crippen molar-refractivity contribution in [2.24, 2.45) is 5.41 Å². The molecule has 0 radical (unpaired) electrons. The second-order valence-corrected chi connectivity index (χ2v) is 6.60. The molecule has 0 bridgehead atoms. The maximum atomic E-state index is 11.9. The highest BCUT2D eigenvalue weighted by molar-refractivity contribution is 7.94. The molecule has 1 heterocycles. The van der Waals surface area contributed by atoms with Gasteiger partial charge in [0.25, 0.3) is 0 Å². The minimum Gasteiger partial charge on any atom is -0.241 e. The lowest BCUT2D eigenvalue weighted by Gasteiger charge is -2.16. The second-order valence-electron chi connectivity index (χ2n) is 5.97. The monoisotopic (exact) mass is 268 g/mol. The average Bonchev–Trinajstić information content (AvgIpc) is 2.71. The van der Waals surface area contributed by atoms with Crippen LogP contribution in [0.4, 0.5) is 3.89 Å². The number of hydrogen-bond acceptors (Lipinski definition) is 3. The molecule has 18 heavy (non-hydrogen) atoms. The Morgan fingerprint density at radius 2 is 2.11 bits per heavy atom. The van der Waals surface area contributed by atoms with Crippen molar-refractivity contribution in [1.29, 1.82) is 0 Å². The van der Waals surface area contributed by atoms with Gasteiger partial charge in [-0.2, -0.15) is 3.89 Å². The Morgan fingerprint density at radius 1 is 1.39 bits per heavy atom. The zero-order valence-electron chi connectivity index (χ0n) is 11.2. The summed E-state index contributed by atoms with van der Waals surface area (Å²) >= 11 is 0.403. The predicted molar refractivity (Wildman–Crippen MR) is 74.3 cm³/mol. The molecule has 1 aliphatic carbocycles. The van der Waals surface area contributed by atoms with E-state index >= 15 is 0 Å². The summed E-state index contributed by atoms with van der Waals surface area (Å²) in [6, 6.07) is 0. The Kier molecular flexibility index (Phi) is 4.60. The fraction of sp³-hybridized carbons (Fsp3) is 0.714. The van der Waals surface area contributed by atoms with Gasteiger partial charge in [0.1, 0.15) is 5.82 Å². The molecule has 1 atom stereocenters. The first-order valence-electron chi connectivity index (χ1n) is 6.65. The van der Waals surface area contributed by atoms with Crippen LogP contribution in [0.5, 0.6) is 0 Å². The lowest BCUT2D eigenvalue weighted by Crippen LogP contribution is -2.06. The minimum absolute atomic E-state index is 0.403. The van der Waals surface area contributed by atoms with Crippen LogP contribution in [0.25, 0.3) is 0 Å². The van der Waals surface area contributed by atoms with E-state index in [0.29, 0.717) is 29.2 Å². The van der Waals surface area contributed by atoms with Gasteiger partial charge in [0.15, 0.2) is 0 Å². The fourth-order valence-electron chi connectivity index (χ4n) is 2.69. The SMILES string of the molecule is CC1(C)CCC(c2ncc(CCCSF)cn2)C1. The first-order chi connectivity index (χ1) is 8.61. The third-order valence-corrected chi connectivity index (χ3v) is 4.19. The quantitative estimate of drug-likeness (QED) is 0.744. The van der Waals surface area contributed by atoms with E-state index in [1.165, 1.54) is 19.3 Å². The third kappa shape index (κ3) is 3.67. The van der Waals surface area contributed by atoms with Crippen molar-refractivity contribution >= 4 is 12.1 Å². The molecule has 1 saturated carbocycles. The zero-order chi connectivity index (χ0) is 13.0. The molecular formula is C14H21FN2S. The summed E-state index contributed by atoms with van der Waals surface area (Å²) in [4.78, 5) is 8.99. The van der Waals surface area contributed by atoms with Crippen molar-refractivity contribution in [1.82, 2.24) is 9.97 Å². The minimum atomic E-state index is 0.403. The van der Waals surface area contributed by atoms with Gasteiger partial charge >= 0.3 is 0 Å². The molecule has 2 rings (SSSR count). The molecular weight excluding hydrogens is 247 g/mol. The van der Waals surface area contributed by atoms with E-state index in [2.05, 4.69) is 23.8 Å². The molecule has 0 N–H and O–H groups in total. The van der Waals surface area contributed by atoms with E-state index in [4.69, 9.17) is 0 Å². The highest BCUT2D eigenvalue weighted by atomic mass is 32.2. The van der Waals surface area contributed by atoms with Crippen LogP contribution in [0.1, 0.15) is 56.8 Å². The number of hydrogen-bond donors (Lipinski definition) is 0. The summed E-state index contributed by atoms with van der Waals surface area (Å²) in [7, 11) is 0. The Balaban J connectivity index is 1.92. The van der Waals surface area contributed by atoms with Crippen molar-refractivity contribution in [3.63, 3.8) is 0 Å². The van der Waals surface area contributed by atoms with Crippen LogP contribution in [-0.4, -0.2) is 15.7 Å². The molecule has 1 fully saturated rings. The van der Waals surface area contributed by atoms with Gasteiger partial charge in [-0.3, -0.25) is 0 Å². The van der Waals surface area contributed by atoms with Crippen LogP contribution in [0.2, 0.25) is 0 Å². The predicted octanol–water partition coefficient (Wildman–Crippen LogP) is 4.32. The van der Waals surface area contributed by atoms with Crippen molar-refractivity contribution in [3.8, 4) is 0 Å². The van der Waals surface area contributed by atoms with Crippen LogP contribution in [0.15, 0.2) is 12.4 Å². The second kappa shape index (κ2) is 6.00. The van der Waals surface area contributed by atoms with E-state index in [1.807, 2.05) is 12.4 Å². The number of nitrogens with zero attached hydrogens (tertiary/aromatic N) is 2. The molecule has 4 heteroatoms. The van der Waals surface area contributed by atoms with Crippen LogP contribution in [-0.2, 0) is 6.42 Å². The van der Waals surface area contributed by atoms with Crippen molar-refractivity contribution in [3.05, 3.63) is 23.8 Å². The highest BCUT2D eigenvalue weighted by Gasteiger charge is 2.33. The first kappa shape index (κ1) is 13.8. The van der Waals surface area contributed by atoms with Gasteiger partial charge in [-0.15, -0.1) is 0 Å². The van der Waals surface area contributed by atoms with Crippen molar-refractivity contribution in [2.75, 3.05) is 5.75 Å². The highest BCUT2D eigenvalue weighted by Crippen LogP contribution is 2.44. The summed E-state index contributed by atoms with van der Waals surface area (Å²) in [6.07, 6.45) is 9.19. The van der Waals surface area contributed by atoms with E-state index in [9.17, 15) is 3.89 Å². The molecule has 0 amide bonds. The smallest absolute Gasteiger partial charge is 0.131 e. The standard InChI is InChI=1S/C14H21FN2S/c1-14(2)6-5-12(8-14)13-16-9-11(10-17-13)4-3-7-18-15/h9-10,12H,3-8H2,1-2H3. The summed E-state index contributed by atoms with van der Waals surface area (Å²) < 4.78 is 11.9. The molecule has 1 aliphatic rings. The van der Waals surface area contributed by atoms with Gasteiger partial charge in [-0.25, -0.2) is 9.97 Å². The molecule has 1 aromatic heterocycles. The summed E-state index contributed by atoms with van der Waals surface area (Å²) in [5, 5.41) is 0. The molecule has 1 unspecified atom stereocenters. The average molecular weight is 268 g/mol. The van der Waals surface area contributed by atoms with Gasteiger partial charge in [0.2, 0.25) is 0 Å². The van der Waals surface area contributed by atoms with Crippen molar-refractivity contribution < 1.29 is 3.89 Å². The largest absolute Gasteiger partial charge is 0.241 e. The summed E-state index contributed by atoms with van der Waals surface area (Å²) in [6.45, 7) is 4.63.